The predicted molar refractivity (Wildman–Crippen MR) is 91.1 cm³/mol. The zero-order chi connectivity index (χ0) is 14.9. The minimum absolute atomic E-state index is 0.732. The van der Waals surface area contributed by atoms with E-state index in [9.17, 15) is 0 Å². The Kier molecular flexibility index (Phi) is 3.17. The minimum atomic E-state index is 0.732. The molecule has 22 heavy (non-hydrogen) atoms. The highest BCUT2D eigenvalue weighted by Crippen LogP contribution is 2.30. The molecule has 0 radical (unpaired) electrons. The first-order chi connectivity index (χ1) is 10.8. The third-order valence-electron chi connectivity index (χ3n) is 3.70. The first-order valence-electron chi connectivity index (χ1n) is 7.11. The van der Waals surface area contributed by atoms with Crippen LogP contribution in [0.25, 0.3) is 28.2 Å². The van der Waals surface area contributed by atoms with Gasteiger partial charge in [-0.15, -0.1) is 0 Å². The number of benzene rings is 2. The molecule has 2 aromatic carbocycles. The lowest BCUT2D eigenvalue weighted by molar-refractivity contribution is 1.16. The van der Waals surface area contributed by atoms with Crippen LogP contribution in [-0.2, 0) is 0 Å². The lowest BCUT2D eigenvalue weighted by atomic mass is 10.1. The summed E-state index contributed by atoms with van der Waals surface area (Å²) in [6.45, 7) is 0. The second-order valence-electron chi connectivity index (χ2n) is 5.11. The first-order valence-corrected chi connectivity index (χ1v) is 7.49. The Morgan fingerprint density at radius 3 is 2.23 bits per heavy atom. The van der Waals surface area contributed by atoms with Crippen molar-refractivity contribution in [1.29, 1.82) is 0 Å². The summed E-state index contributed by atoms with van der Waals surface area (Å²) in [6.07, 6.45) is 2.05. The molecule has 0 unspecified atom stereocenters. The predicted octanol–water partition coefficient (Wildman–Crippen LogP) is 5.32. The van der Waals surface area contributed by atoms with Crippen LogP contribution in [0.15, 0.2) is 79.0 Å². The third-order valence-corrected chi connectivity index (χ3v) is 3.95. The van der Waals surface area contributed by atoms with Gasteiger partial charge in [-0.1, -0.05) is 60.1 Å². The number of imidazole rings is 1. The van der Waals surface area contributed by atoms with Crippen molar-refractivity contribution >= 4 is 17.1 Å². The molecule has 0 N–H and O–H groups in total. The van der Waals surface area contributed by atoms with Gasteiger partial charge < -0.3 is 0 Å². The second-order valence-corrected chi connectivity index (χ2v) is 5.55. The number of rotatable bonds is 2. The van der Waals surface area contributed by atoms with E-state index in [1.54, 1.807) is 0 Å². The lowest BCUT2D eigenvalue weighted by Crippen LogP contribution is -1.87. The number of pyridine rings is 1. The Labute approximate surface area is 133 Å². The van der Waals surface area contributed by atoms with E-state index in [2.05, 4.69) is 22.6 Å². The molecule has 2 nitrogen and oxygen atoms in total. The molecular formula is C19H13ClN2. The number of fused-ring (bicyclic) bond motifs is 1. The Balaban J connectivity index is 1.99. The Hall–Kier alpha value is -2.58. The monoisotopic (exact) mass is 304 g/mol. The topological polar surface area (TPSA) is 17.3 Å². The molecule has 4 aromatic rings. The lowest BCUT2D eigenvalue weighted by Gasteiger charge is -2.00. The summed E-state index contributed by atoms with van der Waals surface area (Å²) in [5.74, 6) is 0.946. The zero-order valence-corrected chi connectivity index (χ0v) is 12.5. The quantitative estimate of drug-likeness (QED) is 0.490. The fourth-order valence-electron chi connectivity index (χ4n) is 2.65. The second kappa shape index (κ2) is 5.32. The van der Waals surface area contributed by atoms with Gasteiger partial charge in [-0.3, -0.25) is 4.40 Å². The fraction of sp³-hybridized carbons (Fsp3) is 0. The summed E-state index contributed by atoms with van der Waals surface area (Å²) in [5, 5.41) is 0.732. The van der Waals surface area contributed by atoms with E-state index in [1.165, 1.54) is 0 Å². The molecule has 0 spiro atoms. The molecule has 0 fully saturated rings. The van der Waals surface area contributed by atoms with Crippen LogP contribution in [0.4, 0.5) is 0 Å². The summed E-state index contributed by atoms with van der Waals surface area (Å²) in [6, 6.07) is 24.2. The van der Waals surface area contributed by atoms with Crippen LogP contribution in [-0.4, -0.2) is 9.38 Å². The normalized spacial score (nSPS) is 11.0. The Bertz CT molecular complexity index is 925. The fourth-order valence-corrected chi connectivity index (χ4v) is 2.77. The van der Waals surface area contributed by atoms with Crippen molar-refractivity contribution in [3.05, 3.63) is 84.0 Å². The maximum atomic E-state index is 5.99. The van der Waals surface area contributed by atoms with E-state index in [0.29, 0.717) is 0 Å². The number of hydrogen-bond donors (Lipinski definition) is 0. The highest BCUT2D eigenvalue weighted by atomic mass is 35.5. The molecule has 0 aliphatic carbocycles. The smallest absolute Gasteiger partial charge is 0.145 e. The van der Waals surface area contributed by atoms with E-state index in [1.807, 2.05) is 60.8 Å². The number of halogens is 1. The summed E-state index contributed by atoms with van der Waals surface area (Å²) in [5.41, 5.74) is 4.22. The maximum absolute atomic E-state index is 5.99. The van der Waals surface area contributed by atoms with Crippen molar-refractivity contribution in [3.63, 3.8) is 0 Å². The molecule has 0 saturated heterocycles. The van der Waals surface area contributed by atoms with Gasteiger partial charge in [-0.05, 0) is 24.3 Å². The van der Waals surface area contributed by atoms with Crippen molar-refractivity contribution in [2.45, 2.75) is 0 Å². The van der Waals surface area contributed by atoms with Crippen molar-refractivity contribution in [2.75, 3.05) is 0 Å². The number of aromatic nitrogens is 2. The van der Waals surface area contributed by atoms with E-state index >= 15 is 0 Å². The van der Waals surface area contributed by atoms with Crippen LogP contribution in [0.5, 0.6) is 0 Å². The number of hydrogen-bond acceptors (Lipinski definition) is 1. The van der Waals surface area contributed by atoms with Crippen molar-refractivity contribution in [3.8, 4) is 22.6 Å². The average Bonchev–Trinajstić information content (AvgIpc) is 2.96. The molecule has 106 valence electrons. The summed E-state index contributed by atoms with van der Waals surface area (Å²) in [7, 11) is 0. The standard InChI is InChI=1S/C19H13ClN2/c20-16-11-9-14(10-12-16)18-17-8-4-5-13-22(17)19(21-18)15-6-2-1-3-7-15/h1-13H. The van der Waals surface area contributed by atoms with Gasteiger partial charge in [0.15, 0.2) is 0 Å². The molecule has 4 rings (SSSR count). The van der Waals surface area contributed by atoms with Crippen molar-refractivity contribution < 1.29 is 0 Å². The molecule has 2 heterocycles. The van der Waals surface area contributed by atoms with Gasteiger partial charge in [-0.2, -0.15) is 0 Å². The molecule has 2 aromatic heterocycles. The summed E-state index contributed by atoms with van der Waals surface area (Å²) >= 11 is 5.99. The maximum Gasteiger partial charge on any atom is 0.145 e. The molecule has 0 aliphatic heterocycles. The van der Waals surface area contributed by atoms with E-state index < -0.39 is 0 Å². The number of nitrogens with zero attached hydrogens (tertiary/aromatic N) is 2. The van der Waals surface area contributed by atoms with Crippen LogP contribution in [0.1, 0.15) is 0 Å². The van der Waals surface area contributed by atoms with Gasteiger partial charge in [0, 0.05) is 22.3 Å². The molecule has 3 heteroatoms. The molecule has 0 amide bonds. The van der Waals surface area contributed by atoms with Gasteiger partial charge in [0.2, 0.25) is 0 Å². The van der Waals surface area contributed by atoms with Crippen LogP contribution in [0, 0.1) is 0 Å². The van der Waals surface area contributed by atoms with E-state index in [4.69, 9.17) is 16.6 Å². The van der Waals surface area contributed by atoms with Crippen LogP contribution >= 0.6 is 11.6 Å². The Morgan fingerprint density at radius 2 is 1.45 bits per heavy atom. The Morgan fingerprint density at radius 1 is 0.727 bits per heavy atom. The minimum Gasteiger partial charge on any atom is -0.299 e. The highest BCUT2D eigenvalue weighted by Gasteiger charge is 2.13. The zero-order valence-electron chi connectivity index (χ0n) is 11.8. The van der Waals surface area contributed by atoms with Gasteiger partial charge in [0.25, 0.3) is 0 Å². The van der Waals surface area contributed by atoms with Crippen molar-refractivity contribution in [1.82, 2.24) is 9.38 Å². The van der Waals surface area contributed by atoms with Crippen LogP contribution in [0.2, 0.25) is 5.02 Å². The van der Waals surface area contributed by atoms with Crippen LogP contribution < -0.4 is 0 Å². The average molecular weight is 305 g/mol. The van der Waals surface area contributed by atoms with Gasteiger partial charge >= 0.3 is 0 Å². The molecule has 0 atom stereocenters. The molecule has 0 aliphatic rings. The van der Waals surface area contributed by atoms with Crippen LogP contribution in [0.3, 0.4) is 0 Å². The largest absolute Gasteiger partial charge is 0.299 e. The molecule has 0 bridgehead atoms. The third kappa shape index (κ3) is 2.18. The molecular weight excluding hydrogens is 292 g/mol. The summed E-state index contributed by atoms with van der Waals surface area (Å²) in [4.78, 5) is 4.88. The van der Waals surface area contributed by atoms with E-state index in [-0.39, 0.29) is 0 Å². The van der Waals surface area contributed by atoms with Gasteiger partial charge in [0.05, 0.1) is 11.2 Å². The highest BCUT2D eigenvalue weighted by molar-refractivity contribution is 6.30. The molecule has 0 saturated carbocycles. The first kappa shape index (κ1) is 13.1. The van der Waals surface area contributed by atoms with Gasteiger partial charge in [-0.25, -0.2) is 4.98 Å². The van der Waals surface area contributed by atoms with E-state index in [0.717, 1.165) is 33.2 Å². The summed E-state index contributed by atoms with van der Waals surface area (Å²) < 4.78 is 2.12. The SMILES string of the molecule is Clc1ccc(-c2nc(-c3ccccc3)n3ccccc23)cc1. The van der Waals surface area contributed by atoms with Gasteiger partial charge in [0.1, 0.15) is 5.82 Å². The van der Waals surface area contributed by atoms with Crippen molar-refractivity contribution in [2.24, 2.45) is 0 Å².